The second-order valence-electron chi connectivity index (χ2n) is 37.9. The van der Waals surface area contributed by atoms with Gasteiger partial charge in [-0.1, -0.05) is 270 Å². The Morgan fingerprint density at radius 1 is 0.287 bits per heavy atom. The summed E-state index contributed by atoms with van der Waals surface area (Å²) in [6.07, 6.45) is 16.6. The van der Waals surface area contributed by atoms with Crippen molar-refractivity contribution in [3.8, 4) is 0 Å². The smallest absolute Gasteiger partial charge is 0.345 e. The SMILES string of the molecule is Cc1cc(CO)cc(CN2CCc3cccc(CCc4ccc(C(=O)O)s4)c32)c1.Cc1cccc(CC(=O)N2CCc3cccc(CCc4ccc(C(=O)O)cc4)c32)c1.Cc1cccc(CCN2CCc3cccc(CCc4ccc(C(=O)O)cc4)c32)c1.Cc1cccc(CN2CCc3cccc(CCc4ccc(C(=O)O)s4)c32)c1.Cc1cccc(Cn2ccc3cccc(CCc4ccc(C(=O)O)cc4)c32)c1. The lowest BCUT2D eigenvalue weighted by Crippen LogP contribution is -2.31. The highest BCUT2D eigenvalue weighted by atomic mass is 32.1. The number of amides is 1. The molecule has 4 aliphatic rings. The van der Waals surface area contributed by atoms with Crippen molar-refractivity contribution in [2.24, 2.45) is 0 Å². The molecule has 1 amide bonds. The summed E-state index contributed by atoms with van der Waals surface area (Å²) in [5.41, 5.74) is 36.4. The number of rotatable bonds is 32. The van der Waals surface area contributed by atoms with E-state index in [0.717, 1.165) is 192 Å². The highest BCUT2D eigenvalue weighted by Crippen LogP contribution is 2.40. The van der Waals surface area contributed by atoms with E-state index >= 15 is 0 Å². The summed E-state index contributed by atoms with van der Waals surface area (Å²) >= 11 is 2.75. The van der Waals surface area contributed by atoms with E-state index in [4.69, 9.17) is 25.5 Å². The number of carbonyl (C=O) groups excluding carboxylic acids is 1. The molecule has 728 valence electrons. The van der Waals surface area contributed by atoms with Crippen LogP contribution in [0, 0.1) is 34.6 Å². The molecule has 3 aromatic heterocycles. The van der Waals surface area contributed by atoms with E-state index in [0.29, 0.717) is 32.9 Å². The number of benzene rings is 13. The molecule has 16 aromatic rings. The van der Waals surface area contributed by atoms with E-state index in [1.165, 1.54) is 151 Å². The van der Waals surface area contributed by atoms with Crippen LogP contribution in [0.5, 0.6) is 0 Å². The monoisotopic (exact) mass is 1940 g/mol. The van der Waals surface area contributed by atoms with Gasteiger partial charge in [-0.2, -0.15) is 0 Å². The predicted molar refractivity (Wildman–Crippen MR) is 577 cm³/mol. The Kier molecular flexibility index (Phi) is 33.9. The highest BCUT2D eigenvalue weighted by Gasteiger charge is 2.30. The van der Waals surface area contributed by atoms with Gasteiger partial charge < -0.3 is 54.8 Å². The molecule has 6 N–H and O–H groups in total. The lowest BCUT2D eigenvalue weighted by atomic mass is 9.99. The number of hydrogen-bond donors (Lipinski definition) is 6. The number of carbonyl (C=O) groups is 6. The van der Waals surface area contributed by atoms with Crippen molar-refractivity contribution >= 4 is 92.1 Å². The number of aryl methyl sites for hydroxylation is 15. The number of thiophene rings is 2. The van der Waals surface area contributed by atoms with Crippen LogP contribution in [0.4, 0.5) is 22.7 Å². The van der Waals surface area contributed by atoms with Crippen LogP contribution >= 0.6 is 22.7 Å². The summed E-state index contributed by atoms with van der Waals surface area (Å²) in [5, 5.41) is 56.2. The third-order valence-corrected chi connectivity index (χ3v) is 29.5. The van der Waals surface area contributed by atoms with Crippen LogP contribution in [0.2, 0.25) is 0 Å². The zero-order valence-corrected chi connectivity index (χ0v) is 83.5. The predicted octanol–water partition coefficient (Wildman–Crippen LogP) is 24.9. The fourth-order valence-electron chi connectivity index (χ4n) is 20.3. The largest absolute Gasteiger partial charge is 0.478 e. The van der Waals surface area contributed by atoms with Crippen LogP contribution in [0.15, 0.2) is 316 Å². The van der Waals surface area contributed by atoms with Crippen LogP contribution in [-0.4, -0.2) is 104 Å². The second-order valence-corrected chi connectivity index (χ2v) is 40.2. The number of aliphatic hydroxyl groups is 1. The van der Waals surface area contributed by atoms with E-state index < -0.39 is 29.8 Å². The third kappa shape index (κ3) is 26.8. The van der Waals surface area contributed by atoms with E-state index in [1.807, 2.05) is 84.6 Å². The number of hydrogen-bond acceptors (Lipinski definition) is 12. The molecule has 4 aliphatic heterocycles. The number of para-hydroxylation sites is 5. The van der Waals surface area contributed by atoms with Crippen molar-refractivity contribution in [3.63, 3.8) is 0 Å². The van der Waals surface area contributed by atoms with Crippen molar-refractivity contribution in [1.82, 2.24) is 4.57 Å². The number of aromatic nitrogens is 1. The molecule has 7 heterocycles. The minimum absolute atomic E-state index is 0.0651. The molecule has 0 spiro atoms. The standard InChI is InChI=1S/C26H25NO3.C26H27NO2.C25H23NO2.C24H25NO3S.C23H23NO2S/c1-18-4-2-5-20(16-18)17-24(28)27-15-14-22-7-3-6-21(25(22)27)11-8-19-9-12-23(13-10-19)26(29)30;1-19-4-2-5-21(18-19)14-16-27-17-15-23-7-3-6-22(25(23)27)11-8-20-9-12-24(13-10-20)26(28)29;1-18-4-2-5-20(16-18)17-26-15-14-22-7-3-6-21(24(22)26)11-8-19-9-12-23(13-10-19)25(27)28;1-16-11-17(13-18(12-16)15-26)14-25-10-9-20-4-2-3-19(23(20)25)5-6-21-7-8-22(29-21)24(27)28;1-16-4-2-5-17(14-16)15-24-13-12-19-7-3-6-18(22(19)24)8-9-20-10-11-21(27-20)23(25)26/h2-7,9-10,12-13,16H,8,11,14-15,17H2,1H3,(H,29,30);2-7,9-10,12-13,18H,8,11,14-17H2,1H3,(H,28,29);2-7,9-10,12-16H,8,11,17H2,1H3,(H,27,28);2-4,7-8,11-13,26H,5-6,9-10,14-15H2,1H3,(H,27,28);2-7,10-11,14H,8-9,12-13,15H2,1H3,(H,25,26). The molecule has 0 atom stereocenters. The van der Waals surface area contributed by atoms with Crippen molar-refractivity contribution < 1.29 is 59.4 Å². The van der Waals surface area contributed by atoms with Crippen molar-refractivity contribution in [1.29, 1.82) is 0 Å². The van der Waals surface area contributed by atoms with Gasteiger partial charge in [0.2, 0.25) is 5.91 Å². The second kappa shape index (κ2) is 48.0. The van der Waals surface area contributed by atoms with Crippen molar-refractivity contribution in [2.45, 2.75) is 164 Å². The molecule has 0 saturated carbocycles. The first kappa shape index (κ1) is 101. The highest BCUT2D eigenvalue weighted by molar-refractivity contribution is 7.14. The summed E-state index contributed by atoms with van der Waals surface area (Å²) in [6.45, 7) is 18.1. The number of nitrogens with zero attached hydrogens (tertiary/aromatic N) is 5. The maximum Gasteiger partial charge on any atom is 0.345 e. The molecule has 20 rings (SSSR count). The number of anilines is 4. The lowest BCUT2D eigenvalue weighted by molar-refractivity contribution is -0.117. The lowest BCUT2D eigenvalue weighted by Gasteiger charge is -2.23. The van der Waals surface area contributed by atoms with Crippen LogP contribution in [0.1, 0.15) is 188 Å². The number of carboxylic acids is 5. The van der Waals surface area contributed by atoms with Gasteiger partial charge in [-0.3, -0.25) is 4.79 Å². The fraction of sp³-hybridized carbons (Fsp3) is 0.242. The topological polar surface area (TPSA) is 242 Å². The van der Waals surface area contributed by atoms with E-state index in [9.17, 15) is 33.9 Å². The molecular formula is C124H123N5O12S2. The Hall–Kier alpha value is -15.0. The Bertz CT molecular complexity index is 7210. The zero-order valence-electron chi connectivity index (χ0n) is 81.9. The van der Waals surface area contributed by atoms with Gasteiger partial charge >= 0.3 is 29.8 Å². The summed E-state index contributed by atoms with van der Waals surface area (Å²) in [7, 11) is 0. The Morgan fingerprint density at radius 3 is 1.10 bits per heavy atom. The maximum atomic E-state index is 13.1. The third-order valence-electron chi connectivity index (χ3n) is 27.3. The van der Waals surface area contributed by atoms with Gasteiger partial charge in [-0.05, 0) is 303 Å². The molecule has 0 aliphatic carbocycles. The fourth-order valence-corrected chi connectivity index (χ4v) is 22.0. The molecule has 19 heteroatoms. The van der Waals surface area contributed by atoms with Gasteiger partial charge in [-0.25, -0.2) is 24.0 Å². The van der Waals surface area contributed by atoms with Crippen LogP contribution in [0.3, 0.4) is 0 Å². The van der Waals surface area contributed by atoms with Crippen LogP contribution in [0.25, 0.3) is 10.9 Å². The minimum Gasteiger partial charge on any atom is -0.478 e. The quantitative estimate of drug-likeness (QED) is 0.0230. The van der Waals surface area contributed by atoms with Gasteiger partial charge in [0.1, 0.15) is 9.75 Å². The Morgan fingerprint density at radius 2 is 0.650 bits per heavy atom. The van der Waals surface area contributed by atoms with Gasteiger partial charge in [0, 0.05) is 85.4 Å². The first-order valence-corrected chi connectivity index (χ1v) is 51.1. The molecule has 0 bridgehead atoms. The Balaban J connectivity index is 0.000000128. The summed E-state index contributed by atoms with van der Waals surface area (Å²) in [4.78, 5) is 80.9. The number of aromatic carboxylic acids is 5. The number of carboxylic acid groups (broad SMARTS) is 5. The van der Waals surface area contributed by atoms with Gasteiger partial charge in [0.25, 0.3) is 0 Å². The van der Waals surface area contributed by atoms with Crippen LogP contribution < -0.4 is 19.6 Å². The molecule has 0 fully saturated rings. The molecule has 143 heavy (non-hydrogen) atoms. The minimum atomic E-state index is -0.912. The van der Waals surface area contributed by atoms with E-state index in [-0.39, 0.29) is 12.5 Å². The first-order valence-electron chi connectivity index (χ1n) is 49.4. The molecular weight excluding hydrogens is 1820 g/mol. The molecule has 17 nitrogen and oxygen atoms in total. The normalized spacial score (nSPS) is 12.5. The van der Waals surface area contributed by atoms with Gasteiger partial charge in [-0.15, -0.1) is 22.7 Å². The van der Waals surface area contributed by atoms with E-state index in [1.54, 1.807) is 48.5 Å². The molecule has 0 saturated heterocycles. The Labute approximate surface area is 846 Å². The van der Waals surface area contributed by atoms with Crippen LogP contribution in [-0.2, 0) is 134 Å². The first-order chi connectivity index (χ1) is 69.3. The average molecular weight is 1940 g/mol. The summed E-state index contributed by atoms with van der Waals surface area (Å²) < 4.78 is 2.33. The molecule has 13 aromatic carbocycles. The number of fused-ring (bicyclic) bond motifs is 5. The maximum absolute atomic E-state index is 13.1. The van der Waals surface area contributed by atoms with Gasteiger partial charge in [0.05, 0.1) is 40.9 Å². The van der Waals surface area contributed by atoms with Crippen molar-refractivity contribution in [3.05, 3.63) is 480 Å². The van der Waals surface area contributed by atoms with Gasteiger partial charge in [0.15, 0.2) is 0 Å². The summed E-state index contributed by atoms with van der Waals surface area (Å²) in [6, 6.07) is 104. The zero-order chi connectivity index (χ0) is 100.0. The molecule has 0 radical (unpaired) electrons. The van der Waals surface area contributed by atoms with Crippen molar-refractivity contribution in [2.75, 3.05) is 52.3 Å². The summed E-state index contributed by atoms with van der Waals surface area (Å²) in [5.74, 6) is -4.22. The molecule has 0 unspecified atom stereocenters. The number of aliphatic hydroxyl groups excluding tert-OH is 1. The van der Waals surface area contributed by atoms with E-state index in [2.05, 4.69) is 241 Å². The average Bonchev–Trinajstić information content (AvgIpc) is 1.67.